The Kier molecular flexibility index (Phi) is 4.25. The Hall–Kier alpha value is -0.780. The fourth-order valence-electron chi connectivity index (χ4n) is 2.02. The normalized spacial score (nSPS) is 18.5. The lowest BCUT2D eigenvalue weighted by Crippen LogP contribution is -2.37. The van der Waals surface area contributed by atoms with Gasteiger partial charge in [0.15, 0.2) is 0 Å². The third-order valence-corrected chi connectivity index (χ3v) is 4.33. The molecule has 1 heterocycles. The number of nitrogens with zero attached hydrogens (tertiary/aromatic N) is 1. The topological polar surface area (TPSA) is 46.3 Å². The molecule has 1 aliphatic heterocycles. The Morgan fingerprint density at radius 3 is 2.65 bits per heavy atom. The van der Waals surface area contributed by atoms with Crippen molar-refractivity contribution in [2.75, 3.05) is 24.6 Å². The first-order valence-corrected chi connectivity index (χ1v) is 7.22. The van der Waals surface area contributed by atoms with Crippen LogP contribution in [0.4, 0.5) is 4.39 Å². The van der Waals surface area contributed by atoms with Crippen molar-refractivity contribution in [1.29, 1.82) is 0 Å². The molecule has 1 aliphatic rings. The van der Waals surface area contributed by atoms with Crippen molar-refractivity contribution in [3.8, 4) is 0 Å². The van der Waals surface area contributed by atoms with Crippen LogP contribution in [-0.2, 0) is 23.9 Å². The lowest BCUT2D eigenvalue weighted by Gasteiger charge is -2.26. The quantitative estimate of drug-likeness (QED) is 0.872. The van der Waals surface area contributed by atoms with Crippen LogP contribution >= 0.6 is 0 Å². The Bertz CT molecular complexity index is 415. The average molecular weight is 256 g/mol. The molecule has 2 N–H and O–H groups in total. The Morgan fingerprint density at radius 2 is 2.00 bits per heavy atom. The molecule has 1 saturated heterocycles. The van der Waals surface area contributed by atoms with E-state index in [4.69, 9.17) is 5.73 Å². The fourth-order valence-corrected chi connectivity index (χ4v) is 3.14. The van der Waals surface area contributed by atoms with E-state index in [1.807, 2.05) is 0 Å². The zero-order valence-electron chi connectivity index (χ0n) is 9.69. The number of benzene rings is 1. The van der Waals surface area contributed by atoms with Gasteiger partial charge in [0.05, 0.1) is 0 Å². The maximum atomic E-state index is 13.2. The molecule has 94 valence electrons. The molecular formula is C12H17FN2OS. The highest BCUT2D eigenvalue weighted by atomic mass is 32.2. The number of rotatable bonds is 3. The van der Waals surface area contributed by atoms with Crippen LogP contribution in [0.1, 0.15) is 11.1 Å². The predicted octanol–water partition coefficient (Wildman–Crippen LogP) is 0.849. The van der Waals surface area contributed by atoms with E-state index in [0.29, 0.717) is 24.6 Å². The number of hydrogen-bond acceptors (Lipinski definition) is 3. The minimum atomic E-state index is -0.671. The first-order valence-electron chi connectivity index (χ1n) is 5.74. The van der Waals surface area contributed by atoms with Gasteiger partial charge in [0, 0.05) is 48.5 Å². The van der Waals surface area contributed by atoms with E-state index in [0.717, 1.165) is 24.2 Å². The van der Waals surface area contributed by atoms with E-state index in [2.05, 4.69) is 4.90 Å². The SMILES string of the molecule is NCc1ccc(F)cc1CN1CCS(=O)CC1. The molecule has 1 aromatic carbocycles. The van der Waals surface area contributed by atoms with Crippen LogP contribution in [0.15, 0.2) is 18.2 Å². The van der Waals surface area contributed by atoms with Crippen molar-refractivity contribution in [2.24, 2.45) is 5.73 Å². The van der Waals surface area contributed by atoms with E-state index in [1.165, 1.54) is 6.07 Å². The Balaban J connectivity index is 2.07. The van der Waals surface area contributed by atoms with Crippen LogP contribution in [0, 0.1) is 5.82 Å². The first-order chi connectivity index (χ1) is 8.19. The summed E-state index contributed by atoms with van der Waals surface area (Å²) in [5.74, 6) is 1.21. The second-order valence-corrected chi connectivity index (χ2v) is 5.94. The third kappa shape index (κ3) is 3.34. The predicted molar refractivity (Wildman–Crippen MR) is 67.4 cm³/mol. The second kappa shape index (κ2) is 5.71. The molecule has 0 aromatic heterocycles. The summed E-state index contributed by atoms with van der Waals surface area (Å²) >= 11 is 0. The monoisotopic (exact) mass is 256 g/mol. The highest BCUT2D eigenvalue weighted by Crippen LogP contribution is 2.14. The lowest BCUT2D eigenvalue weighted by atomic mass is 10.1. The lowest BCUT2D eigenvalue weighted by molar-refractivity contribution is 0.290. The van der Waals surface area contributed by atoms with Crippen molar-refractivity contribution in [3.63, 3.8) is 0 Å². The molecule has 0 unspecified atom stereocenters. The molecule has 0 amide bonds. The van der Waals surface area contributed by atoms with Gasteiger partial charge in [-0.15, -0.1) is 0 Å². The van der Waals surface area contributed by atoms with Crippen LogP contribution in [0.2, 0.25) is 0 Å². The van der Waals surface area contributed by atoms with E-state index >= 15 is 0 Å². The van der Waals surface area contributed by atoms with E-state index in [1.54, 1.807) is 12.1 Å². The molecule has 0 spiro atoms. The second-order valence-electron chi connectivity index (χ2n) is 4.24. The highest BCUT2D eigenvalue weighted by molar-refractivity contribution is 7.85. The molecule has 0 radical (unpaired) electrons. The van der Waals surface area contributed by atoms with Crippen molar-refractivity contribution >= 4 is 10.8 Å². The van der Waals surface area contributed by atoms with Gasteiger partial charge in [0.2, 0.25) is 0 Å². The van der Waals surface area contributed by atoms with E-state index in [-0.39, 0.29) is 5.82 Å². The number of hydrogen-bond donors (Lipinski definition) is 1. The van der Waals surface area contributed by atoms with Gasteiger partial charge in [-0.05, 0) is 23.3 Å². The average Bonchev–Trinajstić information content (AvgIpc) is 2.32. The zero-order chi connectivity index (χ0) is 12.3. The van der Waals surface area contributed by atoms with Gasteiger partial charge in [0.1, 0.15) is 5.82 Å². The molecule has 1 fully saturated rings. The summed E-state index contributed by atoms with van der Waals surface area (Å²) in [6.07, 6.45) is 0. The van der Waals surface area contributed by atoms with Gasteiger partial charge in [-0.3, -0.25) is 9.11 Å². The molecule has 17 heavy (non-hydrogen) atoms. The first kappa shape index (κ1) is 12.7. The van der Waals surface area contributed by atoms with Crippen LogP contribution in [-0.4, -0.2) is 33.7 Å². The van der Waals surface area contributed by atoms with Gasteiger partial charge in [-0.25, -0.2) is 4.39 Å². The van der Waals surface area contributed by atoms with Gasteiger partial charge in [-0.1, -0.05) is 6.07 Å². The van der Waals surface area contributed by atoms with E-state index in [9.17, 15) is 8.60 Å². The van der Waals surface area contributed by atoms with Crippen LogP contribution in [0.5, 0.6) is 0 Å². The Labute approximate surface area is 103 Å². The molecular weight excluding hydrogens is 239 g/mol. The highest BCUT2D eigenvalue weighted by Gasteiger charge is 2.16. The molecule has 3 nitrogen and oxygen atoms in total. The summed E-state index contributed by atoms with van der Waals surface area (Å²) in [7, 11) is -0.671. The maximum absolute atomic E-state index is 13.2. The summed E-state index contributed by atoms with van der Waals surface area (Å²) < 4.78 is 24.4. The number of halogens is 1. The standard InChI is InChI=1S/C12H17FN2OS/c13-12-2-1-10(8-14)11(7-12)9-15-3-5-17(16)6-4-15/h1-2,7H,3-6,8-9,14H2. The van der Waals surface area contributed by atoms with Gasteiger partial charge in [-0.2, -0.15) is 0 Å². The van der Waals surface area contributed by atoms with Gasteiger partial charge in [0.25, 0.3) is 0 Å². The summed E-state index contributed by atoms with van der Waals surface area (Å²) in [4.78, 5) is 2.20. The molecule has 0 atom stereocenters. The van der Waals surface area contributed by atoms with Crippen molar-refractivity contribution < 1.29 is 8.60 Å². The fraction of sp³-hybridized carbons (Fsp3) is 0.500. The maximum Gasteiger partial charge on any atom is 0.123 e. The summed E-state index contributed by atoms with van der Waals surface area (Å²) in [6.45, 7) is 2.75. The summed E-state index contributed by atoms with van der Waals surface area (Å²) in [5.41, 5.74) is 7.57. The van der Waals surface area contributed by atoms with Crippen molar-refractivity contribution in [1.82, 2.24) is 4.90 Å². The molecule has 0 saturated carbocycles. The minimum absolute atomic E-state index is 0.224. The zero-order valence-corrected chi connectivity index (χ0v) is 10.5. The van der Waals surface area contributed by atoms with Crippen LogP contribution < -0.4 is 5.73 Å². The largest absolute Gasteiger partial charge is 0.326 e. The summed E-state index contributed by atoms with van der Waals surface area (Å²) in [5, 5.41) is 0. The summed E-state index contributed by atoms with van der Waals surface area (Å²) in [6, 6.07) is 4.73. The van der Waals surface area contributed by atoms with Gasteiger partial charge >= 0.3 is 0 Å². The Morgan fingerprint density at radius 1 is 1.29 bits per heavy atom. The van der Waals surface area contributed by atoms with E-state index < -0.39 is 10.8 Å². The molecule has 1 aromatic rings. The smallest absolute Gasteiger partial charge is 0.123 e. The molecule has 0 aliphatic carbocycles. The van der Waals surface area contributed by atoms with Crippen LogP contribution in [0.3, 0.4) is 0 Å². The third-order valence-electron chi connectivity index (χ3n) is 3.05. The van der Waals surface area contributed by atoms with Crippen molar-refractivity contribution in [3.05, 3.63) is 35.1 Å². The van der Waals surface area contributed by atoms with Crippen LogP contribution in [0.25, 0.3) is 0 Å². The van der Waals surface area contributed by atoms with Gasteiger partial charge < -0.3 is 5.73 Å². The number of nitrogens with two attached hydrogens (primary N) is 1. The molecule has 5 heteroatoms. The minimum Gasteiger partial charge on any atom is -0.326 e. The molecule has 2 rings (SSSR count). The molecule has 0 bridgehead atoms. The van der Waals surface area contributed by atoms with Crippen molar-refractivity contribution in [2.45, 2.75) is 13.1 Å².